The van der Waals surface area contributed by atoms with Crippen LogP contribution in [0.4, 0.5) is 9.52 Å². The van der Waals surface area contributed by atoms with Gasteiger partial charge in [0.15, 0.2) is 0 Å². The Morgan fingerprint density at radius 1 is 1.35 bits per heavy atom. The Bertz CT molecular complexity index is 485. The van der Waals surface area contributed by atoms with Crippen LogP contribution >= 0.6 is 11.5 Å². The van der Waals surface area contributed by atoms with E-state index in [0.717, 1.165) is 5.56 Å². The summed E-state index contributed by atoms with van der Waals surface area (Å²) in [7, 11) is 0. The first-order chi connectivity index (χ1) is 8.16. The van der Waals surface area contributed by atoms with E-state index in [9.17, 15) is 4.39 Å². The van der Waals surface area contributed by atoms with Crippen LogP contribution in [0.2, 0.25) is 0 Å². The number of alkyl halides is 1. The van der Waals surface area contributed by atoms with E-state index in [1.54, 1.807) is 0 Å². The van der Waals surface area contributed by atoms with E-state index in [0.29, 0.717) is 10.7 Å². The van der Waals surface area contributed by atoms with E-state index in [4.69, 9.17) is 0 Å². The first kappa shape index (κ1) is 12.0. The third-order valence-electron chi connectivity index (χ3n) is 2.69. The van der Waals surface area contributed by atoms with Gasteiger partial charge in [0.25, 0.3) is 0 Å². The van der Waals surface area contributed by atoms with Crippen molar-refractivity contribution in [2.45, 2.75) is 20.0 Å². The zero-order valence-corrected chi connectivity index (χ0v) is 10.6. The highest BCUT2D eigenvalue weighted by molar-refractivity contribution is 7.09. The van der Waals surface area contributed by atoms with Gasteiger partial charge in [-0.05, 0) is 30.5 Å². The molecule has 2 aromatic rings. The Hall–Kier alpha value is -1.49. The average molecular weight is 251 g/mol. The Morgan fingerprint density at radius 3 is 2.82 bits per heavy atom. The van der Waals surface area contributed by atoms with Gasteiger partial charge in [-0.3, -0.25) is 0 Å². The van der Waals surface area contributed by atoms with Gasteiger partial charge in [0.2, 0.25) is 5.13 Å². The lowest BCUT2D eigenvalue weighted by Crippen LogP contribution is -2.08. The molecule has 0 spiro atoms. The van der Waals surface area contributed by atoms with Crippen LogP contribution in [0, 0.1) is 13.8 Å². The summed E-state index contributed by atoms with van der Waals surface area (Å²) >= 11 is 1.23. The summed E-state index contributed by atoms with van der Waals surface area (Å²) in [5.41, 5.74) is 2.99. The van der Waals surface area contributed by atoms with Crippen LogP contribution < -0.4 is 5.32 Å². The lowest BCUT2D eigenvalue weighted by atomic mass is 10.0. The fourth-order valence-corrected chi connectivity index (χ4v) is 1.94. The molecule has 0 aliphatic carbocycles. The number of nitrogens with zero attached hydrogens (tertiary/aromatic N) is 2. The smallest absolute Gasteiger partial charge is 0.202 e. The second kappa shape index (κ2) is 5.23. The third-order valence-corrected chi connectivity index (χ3v) is 3.31. The van der Waals surface area contributed by atoms with Crippen molar-refractivity contribution in [3.8, 4) is 0 Å². The molecule has 90 valence electrons. The largest absolute Gasteiger partial charge is 0.357 e. The van der Waals surface area contributed by atoms with Crippen LogP contribution in [0.15, 0.2) is 24.5 Å². The van der Waals surface area contributed by atoms with Gasteiger partial charge in [0, 0.05) is 11.5 Å². The van der Waals surface area contributed by atoms with Gasteiger partial charge in [-0.25, -0.2) is 9.37 Å². The lowest BCUT2D eigenvalue weighted by Gasteiger charge is -2.10. The molecular weight excluding hydrogens is 237 g/mol. The quantitative estimate of drug-likeness (QED) is 0.906. The van der Waals surface area contributed by atoms with E-state index >= 15 is 0 Å². The molecule has 0 saturated heterocycles. The molecule has 1 N–H and O–H groups in total. The molecule has 0 saturated carbocycles. The molecule has 17 heavy (non-hydrogen) atoms. The van der Waals surface area contributed by atoms with Gasteiger partial charge in [0.1, 0.15) is 12.5 Å². The minimum Gasteiger partial charge on any atom is -0.357 e. The molecule has 2 rings (SSSR count). The predicted molar refractivity (Wildman–Crippen MR) is 68.2 cm³/mol. The summed E-state index contributed by atoms with van der Waals surface area (Å²) < 4.78 is 17.8. The molecule has 0 aliphatic rings. The highest BCUT2D eigenvalue weighted by Gasteiger charge is 2.10. The number of hydrogen-bond donors (Lipinski definition) is 1. The standard InChI is InChI=1S/C12H14FN3S/c1-8-3-4-10(5-9(8)2)11(13)6-14-12-15-7-16-17-12/h3-5,7,11H,6H2,1-2H3,(H,14,15,16). The molecule has 5 heteroatoms. The Kier molecular flexibility index (Phi) is 3.68. The Labute approximate surface area is 104 Å². The molecule has 1 heterocycles. The Balaban J connectivity index is 1.99. The molecule has 0 fully saturated rings. The number of nitrogens with one attached hydrogen (secondary N) is 1. The maximum absolute atomic E-state index is 13.9. The van der Waals surface area contributed by atoms with Gasteiger partial charge < -0.3 is 5.32 Å². The van der Waals surface area contributed by atoms with Crippen molar-refractivity contribution in [1.29, 1.82) is 0 Å². The molecule has 1 unspecified atom stereocenters. The van der Waals surface area contributed by atoms with Crippen LogP contribution in [0.5, 0.6) is 0 Å². The summed E-state index contributed by atoms with van der Waals surface area (Å²) in [4.78, 5) is 3.94. The zero-order chi connectivity index (χ0) is 12.3. The van der Waals surface area contributed by atoms with Crippen molar-refractivity contribution >= 4 is 16.7 Å². The summed E-state index contributed by atoms with van der Waals surface area (Å²) in [5.74, 6) is 0. The van der Waals surface area contributed by atoms with Crippen LogP contribution in [-0.2, 0) is 0 Å². The summed E-state index contributed by atoms with van der Waals surface area (Å²) in [6.45, 7) is 4.23. The monoisotopic (exact) mass is 251 g/mol. The molecule has 3 nitrogen and oxygen atoms in total. The number of benzene rings is 1. The van der Waals surface area contributed by atoms with Gasteiger partial charge >= 0.3 is 0 Å². The molecule has 0 bridgehead atoms. The SMILES string of the molecule is Cc1ccc(C(F)CNc2ncns2)cc1C. The first-order valence-electron chi connectivity index (χ1n) is 5.38. The fraction of sp³-hybridized carbons (Fsp3) is 0.333. The zero-order valence-electron chi connectivity index (χ0n) is 9.77. The van der Waals surface area contributed by atoms with Crippen LogP contribution in [0.25, 0.3) is 0 Å². The second-order valence-corrected chi connectivity index (χ2v) is 4.72. The molecular formula is C12H14FN3S. The summed E-state index contributed by atoms with van der Waals surface area (Å²) in [6.07, 6.45) is 0.425. The highest BCUT2D eigenvalue weighted by atomic mass is 32.1. The first-order valence-corrected chi connectivity index (χ1v) is 6.16. The highest BCUT2D eigenvalue weighted by Crippen LogP contribution is 2.21. The van der Waals surface area contributed by atoms with Gasteiger partial charge in [0.05, 0.1) is 6.54 Å². The molecule has 0 amide bonds. The maximum atomic E-state index is 13.9. The second-order valence-electron chi connectivity index (χ2n) is 3.94. The van der Waals surface area contributed by atoms with Crippen LogP contribution in [0.1, 0.15) is 22.9 Å². The normalized spacial score (nSPS) is 12.4. The molecule has 1 atom stereocenters. The average Bonchev–Trinajstić information content (AvgIpc) is 2.82. The van der Waals surface area contributed by atoms with E-state index in [-0.39, 0.29) is 6.54 Å². The van der Waals surface area contributed by atoms with Crippen molar-refractivity contribution in [1.82, 2.24) is 9.36 Å². The van der Waals surface area contributed by atoms with Gasteiger partial charge in [-0.2, -0.15) is 4.37 Å². The number of hydrogen-bond acceptors (Lipinski definition) is 4. The number of rotatable bonds is 4. The minimum atomic E-state index is -1.03. The van der Waals surface area contributed by atoms with Crippen molar-refractivity contribution < 1.29 is 4.39 Å². The number of halogens is 1. The topological polar surface area (TPSA) is 37.8 Å². The summed E-state index contributed by atoms with van der Waals surface area (Å²) in [6, 6.07) is 5.67. The maximum Gasteiger partial charge on any atom is 0.202 e. The third kappa shape index (κ3) is 3.00. The van der Waals surface area contributed by atoms with Gasteiger partial charge in [-0.15, -0.1) is 0 Å². The predicted octanol–water partition coefficient (Wildman–Crippen LogP) is 3.28. The molecule has 1 aromatic heterocycles. The van der Waals surface area contributed by atoms with E-state index < -0.39 is 6.17 Å². The Morgan fingerprint density at radius 2 is 2.18 bits per heavy atom. The molecule has 0 radical (unpaired) electrons. The van der Waals surface area contributed by atoms with Crippen molar-refractivity contribution in [2.75, 3.05) is 11.9 Å². The van der Waals surface area contributed by atoms with Crippen molar-refractivity contribution in [3.63, 3.8) is 0 Å². The lowest BCUT2D eigenvalue weighted by molar-refractivity contribution is 0.360. The van der Waals surface area contributed by atoms with Crippen molar-refractivity contribution in [2.24, 2.45) is 0 Å². The van der Waals surface area contributed by atoms with E-state index in [1.165, 1.54) is 23.4 Å². The van der Waals surface area contributed by atoms with Gasteiger partial charge in [-0.1, -0.05) is 18.2 Å². The van der Waals surface area contributed by atoms with Crippen LogP contribution in [0.3, 0.4) is 0 Å². The van der Waals surface area contributed by atoms with E-state index in [2.05, 4.69) is 14.7 Å². The molecule has 0 aliphatic heterocycles. The number of aromatic nitrogens is 2. The summed E-state index contributed by atoms with van der Waals surface area (Å²) in [5, 5.41) is 3.58. The fourth-order valence-electron chi connectivity index (χ4n) is 1.51. The van der Waals surface area contributed by atoms with Crippen molar-refractivity contribution in [3.05, 3.63) is 41.2 Å². The minimum absolute atomic E-state index is 0.220. The number of aryl methyl sites for hydroxylation is 2. The number of anilines is 1. The molecule has 1 aromatic carbocycles. The van der Waals surface area contributed by atoms with E-state index in [1.807, 2.05) is 32.0 Å². The van der Waals surface area contributed by atoms with Crippen LogP contribution in [-0.4, -0.2) is 15.9 Å².